The fraction of sp³-hybridized carbons (Fsp3) is 0.400. The van der Waals surface area contributed by atoms with Crippen molar-refractivity contribution >= 4 is 10.9 Å². The molecule has 1 N–H and O–H groups in total. The second kappa shape index (κ2) is 4.46. The number of fused-ring (bicyclic) bond motifs is 1. The maximum Gasteiger partial charge on any atom is 0.0702 e. The van der Waals surface area contributed by atoms with Crippen LogP contribution in [0.15, 0.2) is 36.5 Å². The average Bonchev–Trinajstić information content (AvgIpc) is 2.39. The third-order valence-electron chi connectivity index (χ3n) is 3.77. The van der Waals surface area contributed by atoms with Crippen LogP contribution in [0, 0.1) is 0 Å². The van der Waals surface area contributed by atoms with Crippen LogP contribution in [0.25, 0.3) is 10.9 Å². The first-order valence-corrected chi connectivity index (χ1v) is 6.37. The lowest BCUT2D eigenvalue weighted by Crippen LogP contribution is -2.22. The Balaban J connectivity index is 1.99. The second-order valence-electron chi connectivity index (χ2n) is 4.92. The molecule has 1 aromatic carbocycles. The van der Waals surface area contributed by atoms with Gasteiger partial charge in [-0.3, -0.25) is 4.98 Å². The molecule has 2 heteroatoms. The molecule has 1 saturated carbocycles. The molecule has 0 spiro atoms. The Morgan fingerprint density at radius 3 is 2.82 bits per heavy atom. The zero-order valence-electron chi connectivity index (χ0n) is 9.84. The van der Waals surface area contributed by atoms with Gasteiger partial charge in [0.1, 0.15) is 0 Å². The van der Waals surface area contributed by atoms with Gasteiger partial charge in [-0.1, -0.05) is 31.0 Å². The van der Waals surface area contributed by atoms with E-state index in [0.29, 0.717) is 0 Å². The van der Waals surface area contributed by atoms with E-state index in [-0.39, 0.29) is 12.0 Å². The number of aliphatic hydroxyl groups is 1. The van der Waals surface area contributed by atoms with Gasteiger partial charge >= 0.3 is 0 Å². The van der Waals surface area contributed by atoms with Crippen molar-refractivity contribution in [1.82, 2.24) is 4.98 Å². The van der Waals surface area contributed by atoms with E-state index in [0.717, 1.165) is 24.8 Å². The molecule has 2 nitrogen and oxygen atoms in total. The van der Waals surface area contributed by atoms with Gasteiger partial charge in [0, 0.05) is 17.5 Å². The molecule has 1 aromatic heterocycles. The molecule has 1 heterocycles. The Bertz CT molecular complexity index is 523. The molecule has 3 rings (SSSR count). The molecule has 2 aromatic rings. The first-order valence-electron chi connectivity index (χ1n) is 6.37. The van der Waals surface area contributed by atoms with E-state index >= 15 is 0 Å². The Hall–Kier alpha value is -1.41. The van der Waals surface area contributed by atoms with Gasteiger partial charge in [0.05, 0.1) is 11.6 Å². The molecular formula is C15H17NO. The molecule has 0 aliphatic heterocycles. The van der Waals surface area contributed by atoms with Gasteiger partial charge in [-0.15, -0.1) is 0 Å². The van der Waals surface area contributed by atoms with Crippen LogP contribution in [0.4, 0.5) is 0 Å². The minimum atomic E-state index is -0.188. The summed E-state index contributed by atoms with van der Waals surface area (Å²) in [4.78, 5) is 4.48. The summed E-state index contributed by atoms with van der Waals surface area (Å²) in [6.45, 7) is 0. The zero-order valence-corrected chi connectivity index (χ0v) is 9.84. The molecule has 0 radical (unpaired) electrons. The standard InChI is InChI=1S/C15H17NO/c17-15-8-4-2-6-13(15)12-9-11-5-1-3-7-14(11)16-10-12/h1,3,5,7,9-10,13,15,17H,2,4,6,8H2. The summed E-state index contributed by atoms with van der Waals surface area (Å²) in [7, 11) is 0. The van der Waals surface area contributed by atoms with E-state index in [4.69, 9.17) is 0 Å². The molecule has 2 atom stereocenters. The number of benzene rings is 1. The van der Waals surface area contributed by atoms with Crippen LogP contribution in [-0.2, 0) is 0 Å². The number of rotatable bonds is 1. The number of hydrogen-bond donors (Lipinski definition) is 1. The van der Waals surface area contributed by atoms with E-state index < -0.39 is 0 Å². The van der Waals surface area contributed by atoms with Crippen molar-refractivity contribution in [2.45, 2.75) is 37.7 Å². The fourth-order valence-corrected chi connectivity index (χ4v) is 2.79. The van der Waals surface area contributed by atoms with E-state index in [9.17, 15) is 5.11 Å². The lowest BCUT2D eigenvalue weighted by molar-refractivity contribution is 0.106. The van der Waals surface area contributed by atoms with Crippen molar-refractivity contribution in [3.8, 4) is 0 Å². The number of aromatic nitrogens is 1. The van der Waals surface area contributed by atoms with Crippen LogP contribution in [-0.4, -0.2) is 16.2 Å². The third-order valence-corrected chi connectivity index (χ3v) is 3.77. The van der Waals surface area contributed by atoms with Gasteiger partial charge in [0.25, 0.3) is 0 Å². The molecule has 1 aliphatic carbocycles. The van der Waals surface area contributed by atoms with Gasteiger partial charge in [-0.05, 0) is 30.5 Å². The summed E-state index contributed by atoms with van der Waals surface area (Å²) in [6, 6.07) is 10.3. The van der Waals surface area contributed by atoms with Crippen molar-refractivity contribution in [3.05, 3.63) is 42.1 Å². The molecule has 0 bridgehead atoms. The quantitative estimate of drug-likeness (QED) is 0.811. The highest BCUT2D eigenvalue weighted by Crippen LogP contribution is 2.33. The smallest absolute Gasteiger partial charge is 0.0702 e. The molecule has 1 aliphatic rings. The molecule has 2 unspecified atom stereocenters. The summed E-state index contributed by atoms with van der Waals surface area (Å²) in [5.41, 5.74) is 2.22. The van der Waals surface area contributed by atoms with Crippen LogP contribution < -0.4 is 0 Å². The highest BCUT2D eigenvalue weighted by atomic mass is 16.3. The third kappa shape index (κ3) is 2.05. The minimum Gasteiger partial charge on any atom is -0.392 e. The molecule has 0 saturated heterocycles. The van der Waals surface area contributed by atoms with Gasteiger partial charge in [0.2, 0.25) is 0 Å². The second-order valence-corrected chi connectivity index (χ2v) is 4.92. The van der Waals surface area contributed by atoms with Crippen molar-refractivity contribution in [2.75, 3.05) is 0 Å². The van der Waals surface area contributed by atoms with Gasteiger partial charge < -0.3 is 5.11 Å². The van der Waals surface area contributed by atoms with Gasteiger partial charge in [-0.2, -0.15) is 0 Å². The minimum absolute atomic E-state index is 0.188. The first kappa shape index (κ1) is 10.7. The fourth-order valence-electron chi connectivity index (χ4n) is 2.79. The maximum absolute atomic E-state index is 10.1. The zero-order chi connectivity index (χ0) is 11.7. The van der Waals surface area contributed by atoms with Crippen molar-refractivity contribution < 1.29 is 5.11 Å². The van der Waals surface area contributed by atoms with E-state index in [1.54, 1.807) is 0 Å². The van der Waals surface area contributed by atoms with Crippen LogP contribution in [0.5, 0.6) is 0 Å². The highest BCUT2D eigenvalue weighted by molar-refractivity contribution is 5.78. The van der Waals surface area contributed by atoms with E-state index in [1.165, 1.54) is 17.4 Å². The molecule has 0 amide bonds. The van der Waals surface area contributed by atoms with Crippen LogP contribution >= 0.6 is 0 Å². The Morgan fingerprint density at radius 1 is 1.12 bits per heavy atom. The van der Waals surface area contributed by atoms with Crippen LogP contribution in [0.3, 0.4) is 0 Å². The lowest BCUT2D eigenvalue weighted by atomic mass is 9.82. The predicted molar refractivity (Wildman–Crippen MR) is 69.0 cm³/mol. The Labute approximate surface area is 101 Å². The first-order chi connectivity index (χ1) is 8.34. The summed E-state index contributed by atoms with van der Waals surface area (Å²) >= 11 is 0. The molecular weight excluding hydrogens is 210 g/mol. The average molecular weight is 227 g/mol. The van der Waals surface area contributed by atoms with E-state index in [2.05, 4.69) is 17.1 Å². The molecule has 17 heavy (non-hydrogen) atoms. The van der Waals surface area contributed by atoms with Crippen LogP contribution in [0.2, 0.25) is 0 Å². The normalized spacial score (nSPS) is 25.0. The number of para-hydroxylation sites is 1. The van der Waals surface area contributed by atoms with Crippen molar-refractivity contribution in [2.24, 2.45) is 0 Å². The number of aliphatic hydroxyl groups excluding tert-OH is 1. The summed E-state index contributed by atoms with van der Waals surface area (Å²) in [6.07, 6.45) is 6.12. The van der Waals surface area contributed by atoms with Crippen molar-refractivity contribution in [3.63, 3.8) is 0 Å². The lowest BCUT2D eigenvalue weighted by Gasteiger charge is -2.27. The SMILES string of the molecule is OC1CCCCC1c1cnc2ccccc2c1. The predicted octanol–water partition coefficient (Wildman–Crippen LogP) is 3.25. The molecule has 88 valence electrons. The Morgan fingerprint density at radius 2 is 1.94 bits per heavy atom. The number of pyridine rings is 1. The van der Waals surface area contributed by atoms with Crippen LogP contribution in [0.1, 0.15) is 37.2 Å². The van der Waals surface area contributed by atoms with Crippen molar-refractivity contribution in [1.29, 1.82) is 0 Å². The largest absolute Gasteiger partial charge is 0.392 e. The monoisotopic (exact) mass is 227 g/mol. The maximum atomic E-state index is 10.1. The summed E-state index contributed by atoms with van der Waals surface area (Å²) < 4.78 is 0. The Kier molecular flexibility index (Phi) is 2.81. The highest BCUT2D eigenvalue weighted by Gasteiger charge is 2.24. The summed E-state index contributed by atoms with van der Waals surface area (Å²) in [5, 5.41) is 11.2. The molecule has 1 fully saturated rings. The topological polar surface area (TPSA) is 33.1 Å². The number of hydrogen-bond acceptors (Lipinski definition) is 2. The summed E-state index contributed by atoms with van der Waals surface area (Å²) in [5.74, 6) is 0.279. The van der Waals surface area contributed by atoms with Gasteiger partial charge in [-0.25, -0.2) is 0 Å². The van der Waals surface area contributed by atoms with E-state index in [1.807, 2.05) is 24.4 Å². The van der Waals surface area contributed by atoms with Gasteiger partial charge in [0.15, 0.2) is 0 Å². The number of nitrogens with zero attached hydrogens (tertiary/aromatic N) is 1.